The van der Waals surface area contributed by atoms with Crippen LogP contribution in [-0.2, 0) is 10.0 Å². The van der Waals surface area contributed by atoms with Crippen molar-refractivity contribution in [3.63, 3.8) is 0 Å². The van der Waals surface area contributed by atoms with Crippen LogP contribution in [0.5, 0.6) is 0 Å². The summed E-state index contributed by atoms with van der Waals surface area (Å²) in [6.07, 6.45) is 0.320. The molecule has 0 aliphatic carbocycles. The fourth-order valence-electron chi connectivity index (χ4n) is 2.32. The minimum Gasteiger partial charge on any atom is -0.396 e. The molecule has 0 fully saturated rings. The lowest BCUT2D eigenvalue weighted by molar-refractivity contribution is 0.240. The molecular weight excluding hydrogens is 322 g/mol. The summed E-state index contributed by atoms with van der Waals surface area (Å²) in [5.41, 5.74) is 0.838. The summed E-state index contributed by atoms with van der Waals surface area (Å²) in [5, 5.41) is 9.65. The van der Waals surface area contributed by atoms with Gasteiger partial charge in [0.1, 0.15) is 0 Å². The summed E-state index contributed by atoms with van der Waals surface area (Å²) in [6, 6.07) is 15.0. The summed E-state index contributed by atoms with van der Waals surface area (Å²) in [6.45, 7) is -0.102. The van der Waals surface area contributed by atoms with Gasteiger partial charge < -0.3 is 5.11 Å². The van der Waals surface area contributed by atoms with Gasteiger partial charge in [0.15, 0.2) is 0 Å². The molecule has 1 atom stereocenters. The highest BCUT2D eigenvalue weighted by molar-refractivity contribution is 7.89. The van der Waals surface area contributed by atoms with Crippen LogP contribution < -0.4 is 0 Å². The van der Waals surface area contributed by atoms with Gasteiger partial charge in [-0.3, -0.25) is 0 Å². The smallest absolute Gasteiger partial charge is 0.243 e. The van der Waals surface area contributed by atoms with Crippen LogP contribution in [0.3, 0.4) is 0 Å². The van der Waals surface area contributed by atoms with Crippen LogP contribution in [-0.4, -0.2) is 31.5 Å². The molecule has 0 bridgehead atoms. The Balaban J connectivity index is 2.40. The van der Waals surface area contributed by atoms with E-state index < -0.39 is 16.1 Å². The fourth-order valence-corrected chi connectivity index (χ4v) is 3.99. The van der Waals surface area contributed by atoms with Crippen molar-refractivity contribution in [3.05, 3.63) is 65.2 Å². The first kappa shape index (κ1) is 17.0. The SMILES string of the molecule is CN(C(CCO)c1ccccc1)S(=O)(=O)c1cccc(Cl)c1. The van der Waals surface area contributed by atoms with E-state index in [1.165, 1.54) is 23.5 Å². The maximum absolute atomic E-state index is 12.8. The van der Waals surface area contributed by atoms with Crippen LogP contribution in [0.25, 0.3) is 0 Å². The molecule has 1 unspecified atom stereocenters. The van der Waals surface area contributed by atoms with Gasteiger partial charge in [-0.25, -0.2) is 8.42 Å². The zero-order chi connectivity index (χ0) is 16.2. The second-order valence-corrected chi connectivity index (χ2v) is 7.35. The Morgan fingerprint density at radius 2 is 1.82 bits per heavy atom. The first-order valence-electron chi connectivity index (χ1n) is 6.86. The normalized spacial score (nSPS) is 13.3. The van der Waals surface area contributed by atoms with Crippen LogP contribution in [0.4, 0.5) is 0 Å². The van der Waals surface area contributed by atoms with E-state index in [2.05, 4.69) is 0 Å². The number of hydrogen-bond acceptors (Lipinski definition) is 3. The van der Waals surface area contributed by atoms with Crippen molar-refractivity contribution >= 4 is 21.6 Å². The van der Waals surface area contributed by atoms with E-state index in [-0.39, 0.29) is 11.5 Å². The van der Waals surface area contributed by atoms with E-state index in [4.69, 9.17) is 11.6 Å². The first-order chi connectivity index (χ1) is 10.5. The molecule has 2 aromatic carbocycles. The maximum Gasteiger partial charge on any atom is 0.243 e. The minimum absolute atomic E-state index is 0.102. The fraction of sp³-hybridized carbons (Fsp3) is 0.250. The standard InChI is InChI=1S/C16H18ClNO3S/c1-18(16(10-11-19)13-6-3-2-4-7-13)22(20,21)15-9-5-8-14(17)12-15/h2-9,12,16,19H,10-11H2,1H3. The van der Waals surface area contributed by atoms with E-state index in [0.29, 0.717) is 11.4 Å². The zero-order valence-corrected chi connectivity index (χ0v) is 13.8. The molecule has 0 saturated heterocycles. The van der Waals surface area contributed by atoms with Gasteiger partial charge in [-0.2, -0.15) is 4.31 Å². The molecular formula is C16H18ClNO3S. The zero-order valence-electron chi connectivity index (χ0n) is 12.2. The van der Waals surface area contributed by atoms with Crippen molar-refractivity contribution in [1.29, 1.82) is 0 Å². The highest BCUT2D eigenvalue weighted by Gasteiger charge is 2.28. The highest BCUT2D eigenvalue weighted by atomic mass is 35.5. The van der Waals surface area contributed by atoms with Gasteiger partial charge in [0, 0.05) is 18.7 Å². The Bertz CT molecular complexity index is 719. The topological polar surface area (TPSA) is 57.6 Å². The van der Waals surface area contributed by atoms with Gasteiger partial charge in [-0.15, -0.1) is 0 Å². The molecule has 0 heterocycles. The molecule has 0 aliphatic heterocycles. The Morgan fingerprint density at radius 3 is 2.41 bits per heavy atom. The molecule has 2 rings (SSSR count). The van der Waals surface area contributed by atoms with Crippen LogP contribution in [0.2, 0.25) is 5.02 Å². The van der Waals surface area contributed by atoms with Gasteiger partial charge >= 0.3 is 0 Å². The third-order valence-corrected chi connectivity index (χ3v) is 5.60. The van der Waals surface area contributed by atoms with Gasteiger partial charge in [-0.1, -0.05) is 48.0 Å². The number of aliphatic hydroxyl groups is 1. The summed E-state index contributed by atoms with van der Waals surface area (Å²) >= 11 is 5.89. The second kappa shape index (κ2) is 7.24. The lowest BCUT2D eigenvalue weighted by Crippen LogP contribution is -2.32. The summed E-state index contributed by atoms with van der Waals surface area (Å²) in [5.74, 6) is 0. The van der Waals surface area contributed by atoms with Crippen molar-refractivity contribution in [2.24, 2.45) is 0 Å². The average Bonchev–Trinajstić information content (AvgIpc) is 2.53. The van der Waals surface area contributed by atoms with E-state index >= 15 is 0 Å². The van der Waals surface area contributed by atoms with Crippen molar-refractivity contribution in [2.75, 3.05) is 13.7 Å². The lowest BCUT2D eigenvalue weighted by Gasteiger charge is -2.27. The molecule has 0 aromatic heterocycles. The van der Waals surface area contributed by atoms with E-state index in [1.54, 1.807) is 12.1 Å². The lowest BCUT2D eigenvalue weighted by atomic mass is 10.0. The number of benzene rings is 2. The Morgan fingerprint density at radius 1 is 1.14 bits per heavy atom. The third kappa shape index (κ3) is 3.67. The van der Waals surface area contributed by atoms with Crippen molar-refractivity contribution < 1.29 is 13.5 Å². The van der Waals surface area contributed by atoms with Crippen LogP contribution in [0.15, 0.2) is 59.5 Å². The molecule has 0 aliphatic rings. The van der Waals surface area contributed by atoms with Crippen molar-refractivity contribution in [3.8, 4) is 0 Å². The molecule has 22 heavy (non-hydrogen) atoms. The van der Waals surface area contributed by atoms with Gasteiger partial charge in [0.05, 0.1) is 10.9 Å². The number of aliphatic hydroxyl groups excluding tert-OH is 1. The number of sulfonamides is 1. The number of rotatable bonds is 6. The molecule has 6 heteroatoms. The Labute approximate surface area is 136 Å². The predicted molar refractivity (Wildman–Crippen MR) is 87.3 cm³/mol. The Hall–Kier alpha value is -1.40. The average molecular weight is 340 g/mol. The predicted octanol–water partition coefficient (Wildman–Crippen LogP) is 3.08. The number of nitrogens with zero attached hydrogens (tertiary/aromatic N) is 1. The molecule has 2 aromatic rings. The van der Waals surface area contributed by atoms with Crippen molar-refractivity contribution in [2.45, 2.75) is 17.4 Å². The molecule has 118 valence electrons. The highest BCUT2D eigenvalue weighted by Crippen LogP contribution is 2.29. The van der Waals surface area contributed by atoms with Crippen LogP contribution in [0, 0.1) is 0 Å². The van der Waals surface area contributed by atoms with E-state index in [0.717, 1.165) is 5.56 Å². The first-order valence-corrected chi connectivity index (χ1v) is 8.68. The summed E-state index contributed by atoms with van der Waals surface area (Å²) < 4.78 is 26.8. The molecule has 1 N–H and O–H groups in total. The monoisotopic (exact) mass is 339 g/mol. The molecule has 0 saturated carbocycles. The van der Waals surface area contributed by atoms with Gasteiger partial charge in [-0.05, 0) is 30.2 Å². The molecule has 4 nitrogen and oxygen atoms in total. The number of hydrogen-bond donors (Lipinski definition) is 1. The van der Waals surface area contributed by atoms with E-state index in [1.807, 2.05) is 30.3 Å². The molecule has 0 radical (unpaired) electrons. The van der Waals surface area contributed by atoms with Crippen molar-refractivity contribution in [1.82, 2.24) is 4.31 Å². The summed E-state index contributed by atoms with van der Waals surface area (Å²) in [7, 11) is -2.18. The van der Waals surface area contributed by atoms with Gasteiger partial charge in [0.25, 0.3) is 0 Å². The maximum atomic E-state index is 12.8. The largest absolute Gasteiger partial charge is 0.396 e. The van der Waals surface area contributed by atoms with Crippen LogP contribution in [0.1, 0.15) is 18.0 Å². The molecule has 0 spiro atoms. The second-order valence-electron chi connectivity index (χ2n) is 4.92. The minimum atomic E-state index is -3.69. The van der Waals surface area contributed by atoms with E-state index in [9.17, 15) is 13.5 Å². The quantitative estimate of drug-likeness (QED) is 0.879. The third-order valence-electron chi connectivity index (χ3n) is 3.50. The Kier molecular flexibility index (Phi) is 5.58. The summed E-state index contributed by atoms with van der Waals surface area (Å²) in [4.78, 5) is 0.140. The number of halogens is 1. The van der Waals surface area contributed by atoms with Crippen LogP contribution >= 0.6 is 11.6 Å². The molecule has 0 amide bonds. The van der Waals surface area contributed by atoms with Gasteiger partial charge in [0.2, 0.25) is 10.0 Å².